The van der Waals surface area contributed by atoms with E-state index in [1.54, 1.807) is 22.3 Å². The molecule has 0 radical (unpaired) electrons. The molecule has 2 heterocycles. The first-order valence-corrected chi connectivity index (χ1v) is 11.0. The van der Waals surface area contributed by atoms with E-state index in [0.29, 0.717) is 25.4 Å². The standard InChI is InChI=1S/C23H26N2O4S/c1-3-9-24(23(27)18-5-6-18)14-22(26)25(13-21-16(2)8-10-30-21)12-17-4-7-19-20(11-17)29-15-28-19/h3-4,7-8,10-11,18H,1,5-6,9,12-15H2,2H3. The number of thiophene rings is 1. The summed E-state index contributed by atoms with van der Waals surface area (Å²) in [6, 6.07) is 7.80. The van der Waals surface area contributed by atoms with Gasteiger partial charge in [-0.15, -0.1) is 17.9 Å². The monoisotopic (exact) mass is 426 g/mol. The second-order valence-electron chi connectivity index (χ2n) is 7.75. The van der Waals surface area contributed by atoms with Crippen LogP contribution in [0.2, 0.25) is 0 Å². The lowest BCUT2D eigenvalue weighted by Crippen LogP contribution is -2.43. The molecule has 2 aromatic rings. The van der Waals surface area contributed by atoms with E-state index in [-0.39, 0.29) is 31.1 Å². The molecule has 1 aromatic heterocycles. The average molecular weight is 427 g/mol. The van der Waals surface area contributed by atoms with Gasteiger partial charge in [-0.25, -0.2) is 0 Å². The summed E-state index contributed by atoms with van der Waals surface area (Å²) in [5.41, 5.74) is 2.13. The number of carbonyl (C=O) groups is 2. The summed E-state index contributed by atoms with van der Waals surface area (Å²) in [6.07, 6.45) is 3.51. The maximum absolute atomic E-state index is 13.3. The summed E-state index contributed by atoms with van der Waals surface area (Å²) >= 11 is 1.64. The molecular formula is C23H26N2O4S. The molecule has 1 aliphatic heterocycles. The van der Waals surface area contributed by atoms with Gasteiger partial charge in [-0.1, -0.05) is 12.1 Å². The molecule has 2 amide bonds. The lowest BCUT2D eigenvalue weighted by molar-refractivity contribution is -0.141. The Kier molecular flexibility index (Phi) is 6.08. The van der Waals surface area contributed by atoms with Crippen LogP contribution in [-0.2, 0) is 22.7 Å². The topological polar surface area (TPSA) is 59.1 Å². The third kappa shape index (κ3) is 4.67. The van der Waals surface area contributed by atoms with E-state index < -0.39 is 0 Å². The van der Waals surface area contributed by atoms with Gasteiger partial charge in [0.25, 0.3) is 0 Å². The molecule has 1 saturated carbocycles. The number of amides is 2. The molecule has 7 heteroatoms. The van der Waals surface area contributed by atoms with Crippen LogP contribution >= 0.6 is 11.3 Å². The number of ether oxygens (including phenoxy) is 2. The number of aryl methyl sites for hydroxylation is 1. The summed E-state index contributed by atoms with van der Waals surface area (Å²) in [5, 5.41) is 2.04. The van der Waals surface area contributed by atoms with Crippen LogP contribution in [0.15, 0.2) is 42.3 Å². The van der Waals surface area contributed by atoms with Gasteiger partial charge in [0.05, 0.1) is 6.54 Å². The number of hydrogen-bond acceptors (Lipinski definition) is 5. The van der Waals surface area contributed by atoms with E-state index >= 15 is 0 Å². The van der Waals surface area contributed by atoms with Crippen LogP contribution in [0.5, 0.6) is 11.5 Å². The van der Waals surface area contributed by atoms with Gasteiger partial charge >= 0.3 is 0 Å². The highest BCUT2D eigenvalue weighted by atomic mass is 32.1. The summed E-state index contributed by atoms with van der Waals surface area (Å²) < 4.78 is 10.9. The molecule has 4 rings (SSSR count). The first-order valence-electron chi connectivity index (χ1n) is 10.1. The molecule has 0 spiro atoms. The van der Waals surface area contributed by atoms with Crippen LogP contribution in [0.3, 0.4) is 0 Å². The van der Waals surface area contributed by atoms with Crippen molar-refractivity contribution in [3.05, 3.63) is 58.3 Å². The second kappa shape index (κ2) is 8.92. The van der Waals surface area contributed by atoms with E-state index in [4.69, 9.17) is 9.47 Å². The minimum Gasteiger partial charge on any atom is -0.454 e. The van der Waals surface area contributed by atoms with Gasteiger partial charge in [0.15, 0.2) is 11.5 Å². The van der Waals surface area contributed by atoms with Crippen LogP contribution in [0, 0.1) is 12.8 Å². The van der Waals surface area contributed by atoms with Crippen LogP contribution < -0.4 is 9.47 Å². The van der Waals surface area contributed by atoms with Crippen molar-refractivity contribution in [1.82, 2.24) is 9.80 Å². The van der Waals surface area contributed by atoms with Crippen LogP contribution in [-0.4, -0.2) is 41.5 Å². The van der Waals surface area contributed by atoms with Crippen molar-refractivity contribution in [2.45, 2.75) is 32.9 Å². The Bertz CT molecular complexity index is 950. The number of fused-ring (bicyclic) bond motifs is 1. The van der Waals surface area contributed by atoms with E-state index in [9.17, 15) is 9.59 Å². The van der Waals surface area contributed by atoms with Crippen LogP contribution in [0.4, 0.5) is 0 Å². The predicted octanol–water partition coefficient (Wildman–Crippen LogP) is 3.74. The molecular weight excluding hydrogens is 400 g/mol. The van der Waals surface area contributed by atoms with Crippen molar-refractivity contribution in [2.24, 2.45) is 5.92 Å². The third-order valence-corrected chi connectivity index (χ3v) is 6.39. The zero-order valence-corrected chi connectivity index (χ0v) is 18.0. The summed E-state index contributed by atoms with van der Waals surface area (Å²) in [6.45, 7) is 7.41. The summed E-state index contributed by atoms with van der Waals surface area (Å²) in [7, 11) is 0. The highest BCUT2D eigenvalue weighted by molar-refractivity contribution is 7.10. The Balaban J connectivity index is 1.52. The second-order valence-corrected chi connectivity index (χ2v) is 8.75. The molecule has 6 nitrogen and oxygen atoms in total. The van der Waals surface area contributed by atoms with Crippen molar-refractivity contribution in [3.8, 4) is 11.5 Å². The smallest absolute Gasteiger partial charge is 0.242 e. The average Bonchev–Trinajstić information content (AvgIpc) is 3.35. The van der Waals surface area contributed by atoms with Gasteiger partial charge in [-0.2, -0.15) is 0 Å². The molecule has 1 aliphatic carbocycles. The van der Waals surface area contributed by atoms with Gasteiger partial charge < -0.3 is 19.3 Å². The zero-order valence-electron chi connectivity index (χ0n) is 17.1. The lowest BCUT2D eigenvalue weighted by atomic mass is 10.1. The quantitative estimate of drug-likeness (QED) is 0.573. The minimum absolute atomic E-state index is 0.0542. The Morgan fingerprint density at radius 2 is 1.97 bits per heavy atom. The number of rotatable bonds is 9. The van der Waals surface area contributed by atoms with Crippen molar-refractivity contribution in [1.29, 1.82) is 0 Å². The van der Waals surface area contributed by atoms with E-state index in [2.05, 4.69) is 19.6 Å². The SMILES string of the molecule is C=CCN(CC(=O)N(Cc1ccc2c(c1)OCO2)Cc1sccc1C)C(=O)C1CC1. The zero-order chi connectivity index (χ0) is 21.1. The number of benzene rings is 1. The van der Waals surface area contributed by atoms with Gasteiger partial charge in [-0.05, 0) is 54.5 Å². The summed E-state index contributed by atoms with van der Waals surface area (Å²) in [4.78, 5) is 30.5. The third-order valence-electron chi connectivity index (χ3n) is 5.38. The van der Waals surface area contributed by atoms with Gasteiger partial charge in [0.1, 0.15) is 6.54 Å². The van der Waals surface area contributed by atoms with E-state index in [0.717, 1.165) is 29.0 Å². The number of nitrogens with zero attached hydrogens (tertiary/aromatic N) is 2. The highest BCUT2D eigenvalue weighted by Crippen LogP contribution is 2.33. The van der Waals surface area contributed by atoms with Gasteiger partial charge in [0, 0.05) is 23.9 Å². The van der Waals surface area contributed by atoms with Crippen molar-refractivity contribution >= 4 is 23.2 Å². The normalized spacial score (nSPS) is 14.4. The molecule has 1 fully saturated rings. The molecule has 0 bridgehead atoms. The number of carbonyl (C=O) groups excluding carboxylic acids is 2. The molecule has 0 atom stereocenters. The molecule has 0 unspecified atom stereocenters. The fourth-order valence-corrected chi connectivity index (χ4v) is 4.39. The van der Waals surface area contributed by atoms with Crippen molar-refractivity contribution < 1.29 is 19.1 Å². The lowest BCUT2D eigenvalue weighted by Gasteiger charge is -2.27. The largest absolute Gasteiger partial charge is 0.454 e. The van der Waals surface area contributed by atoms with Crippen LogP contribution in [0.1, 0.15) is 28.8 Å². The Morgan fingerprint density at radius 1 is 1.17 bits per heavy atom. The van der Waals surface area contributed by atoms with Crippen LogP contribution in [0.25, 0.3) is 0 Å². The Hall–Kier alpha value is -2.80. The van der Waals surface area contributed by atoms with E-state index in [1.165, 1.54) is 5.56 Å². The first kappa shape index (κ1) is 20.5. The van der Waals surface area contributed by atoms with E-state index in [1.807, 2.05) is 28.5 Å². The maximum atomic E-state index is 13.3. The number of hydrogen-bond donors (Lipinski definition) is 0. The molecule has 1 aromatic carbocycles. The first-order chi connectivity index (χ1) is 14.5. The Morgan fingerprint density at radius 3 is 2.67 bits per heavy atom. The van der Waals surface area contributed by atoms with Crippen molar-refractivity contribution in [2.75, 3.05) is 19.9 Å². The molecule has 30 heavy (non-hydrogen) atoms. The summed E-state index contributed by atoms with van der Waals surface area (Å²) in [5.74, 6) is 1.47. The fourth-order valence-electron chi connectivity index (χ4n) is 3.47. The van der Waals surface area contributed by atoms with Gasteiger partial charge in [0.2, 0.25) is 18.6 Å². The Labute approximate surface area is 180 Å². The molecule has 158 valence electrons. The molecule has 0 N–H and O–H groups in total. The molecule has 0 saturated heterocycles. The van der Waals surface area contributed by atoms with Crippen molar-refractivity contribution in [3.63, 3.8) is 0 Å². The predicted molar refractivity (Wildman–Crippen MR) is 115 cm³/mol. The maximum Gasteiger partial charge on any atom is 0.242 e. The molecule has 2 aliphatic rings. The fraction of sp³-hybridized carbons (Fsp3) is 0.391. The van der Waals surface area contributed by atoms with Gasteiger partial charge in [-0.3, -0.25) is 9.59 Å². The minimum atomic E-state index is -0.0729. The highest BCUT2D eigenvalue weighted by Gasteiger charge is 2.34.